The molecule has 4 nitrogen and oxygen atoms in total. The number of piperazine rings is 1. The Labute approximate surface area is 124 Å². The van der Waals surface area contributed by atoms with E-state index >= 15 is 0 Å². The summed E-state index contributed by atoms with van der Waals surface area (Å²) in [6.07, 6.45) is 9.31. The van der Waals surface area contributed by atoms with Gasteiger partial charge in [0.25, 0.3) is 0 Å². The minimum atomic E-state index is 0.289. The van der Waals surface area contributed by atoms with Crippen LogP contribution in [0.3, 0.4) is 0 Å². The van der Waals surface area contributed by atoms with Crippen LogP contribution in [0.4, 0.5) is 0 Å². The topological polar surface area (TPSA) is 35.6 Å². The van der Waals surface area contributed by atoms with E-state index in [0.717, 1.165) is 32.7 Å². The summed E-state index contributed by atoms with van der Waals surface area (Å²) in [7, 11) is 2.07. The Morgan fingerprint density at radius 1 is 1.05 bits per heavy atom. The molecule has 1 fully saturated rings. The predicted octanol–water partition coefficient (Wildman–Crippen LogP) is 2.10. The molecule has 20 heavy (non-hydrogen) atoms. The first-order chi connectivity index (χ1) is 9.74. The van der Waals surface area contributed by atoms with Gasteiger partial charge in [-0.25, -0.2) is 0 Å². The van der Waals surface area contributed by atoms with E-state index in [9.17, 15) is 4.79 Å². The quantitative estimate of drug-likeness (QED) is 0.624. The van der Waals surface area contributed by atoms with Crippen molar-refractivity contribution in [2.45, 2.75) is 51.9 Å². The van der Waals surface area contributed by atoms with E-state index in [1.165, 1.54) is 44.9 Å². The molecule has 0 unspecified atom stereocenters. The molecule has 1 N–H and O–H groups in total. The third-order valence-electron chi connectivity index (χ3n) is 4.02. The Balaban J connectivity index is 1.99. The molecule has 1 heterocycles. The molecule has 0 aromatic rings. The summed E-state index contributed by atoms with van der Waals surface area (Å²) in [6.45, 7) is 7.49. The number of hydrogen-bond acceptors (Lipinski definition) is 3. The fraction of sp³-hybridized carbons (Fsp3) is 0.938. The molecule has 0 aliphatic carbocycles. The predicted molar refractivity (Wildman–Crippen MR) is 84.9 cm³/mol. The van der Waals surface area contributed by atoms with Crippen molar-refractivity contribution in [2.24, 2.45) is 0 Å². The van der Waals surface area contributed by atoms with Crippen LogP contribution >= 0.6 is 0 Å². The van der Waals surface area contributed by atoms with E-state index in [2.05, 4.69) is 24.2 Å². The maximum Gasteiger partial charge on any atom is 0.236 e. The number of carbonyl (C=O) groups excluding carboxylic acids is 1. The van der Waals surface area contributed by atoms with Crippen molar-refractivity contribution in [3.05, 3.63) is 0 Å². The third kappa shape index (κ3) is 7.85. The highest BCUT2D eigenvalue weighted by Gasteiger charge is 2.17. The lowest BCUT2D eigenvalue weighted by Crippen LogP contribution is -2.49. The van der Waals surface area contributed by atoms with E-state index < -0.39 is 0 Å². The largest absolute Gasteiger partial charge is 0.339 e. The first-order valence-corrected chi connectivity index (χ1v) is 8.41. The van der Waals surface area contributed by atoms with Gasteiger partial charge in [-0.3, -0.25) is 9.69 Å². The van der Waals surface area contributed by atoms with E-state index in [1.807, 2.05) is 4.90 Å². The summed E-state index contributed by atoms with van der Waals surface area (Å²) in [5.41, 5.74) is 0. The summed E-state index contributed by atoms with van der Waals surface area (Å²) in [6, 6.07) is 0. The highest BCUT2D eigenvalue weighted by Crippen LogP contribution is 2.07. The minimum absolute atomic E-state index is 0.289. The van der Waals surface area contributed by atoms with Gasteiger partial charge in [-0.05, 0) is 20.0 Å². The number of nitrogens with zero attached hydrogens (tertiary/aromatic N) is 2. The van der Waals surface area contributed by atoms with Crippen molar-refractivity contribution in [1.29, 1.82) is 0 Å². The zero-order valence-electron chi connectivity index (χ0n) is 13.5. The van der Waals surface area contributed by atoms with Gasteiger partial charge >= 0.3 is 0 Å². The highest BCUT2D eigenvalue weighted by molar-refractivity contribution is 5.78. The Morgan fingerprint density at radius 2 is 1.65 bits per heavy atom. The SMILES string of the molecule is CCCCCCCCCN(C)CC(=O)N1CCNCC1. The maximum atomic E-state index is 12.1. The number of amides is 1. The van der Waals surface area contributed by atoms with Crippen LogP contribution in [0.25, 0.3) is 0 Å². The van der Waals surface area contributed by atoms with Gasteiger partial charge in [-0.1, -0.05) is 45.4 Å². The van der Waals surface area contributed by atoms with Crippen LogP contribution in [0.1, 0.15) is 51.9 Å². The molecule has 0 bridgehead atoms. The number of hydrogen-bond donors (Lipinski definition) is 1. The summed E-state index contributed by atoms with van der Waals surface area (Å²) >= 11 is 0. The standard InChI is InChI=1S/C16H33N3O/c1-3-4-5-6-7-8-9-12-18(2)15-16(20)19-13-10-17-11-14-19/h17H,3-15H2,1-2H3. The molecule has 118 valence electrons. The van der Waals surface area contributed by atoms with Crippen LogP contribution < -0.4 is 5.32 Å². The van der Waals surface area contributed by atoms with Crippen molar-refractivity contribution in [3.63, 3.8) is 0 Å². The van der Waals surface area contributed by atoms with Crippen LogP contribution in [0.5, 0.6) is 0 Å². The van der Waals surface area contributed by atoms with E-state index in [0.29, 0.717) is 6.54 Å². The second-order valence-corrected chi connectivity index (χ2v) is 5.99. The van der Waals surface area contributed by atoms with Crippen molar-refractivity contribution in [1.82, 2.24) is 15.1 Å². The number of unbranched alkanes of at least 4 members (excludes halogenated alkanes) is 6. The normalized spacial score (nSPS) is 15.8. The summed E-state index contributed by atoms with van der Waals surface area (Å²) < 4.78 is 0. The Kier molecular flexibility index (Phi) is 9.67. The number of rotatable bonds is 10. The molecule has 1 saturated heterocycles. The van der Waals surface area contributed by atoms with Crippen LogP contribution in [0, 0.1) is 0 Å². The summed E-state index contributed by atoms with van der Waals surface area (Å²) in [5.74, 6) is 0.289. The molecule has 4 heteroatoms. The molecule has 1 aliphatic heterocycles. The number of carbonyl (C=O) groups is 1. The lowest BCUT2D eigenvalue weighted by molar-refractivity contribution is -0.132. The van der Waals surface area contributed by atoms with Gasteiger partial charge in [0.2, 0.25) is 5.91 Å². The van der Waals surface area contributed by atoms with Gasteiger partial charge in [0.05, 0.1) is 6.54 Å². The molecule has 1 rings (SSSR count). The molecule has 0 spiro atoms. The van der Waals surface area contributed by atoms with Crippen molar-refractivity contribution >= 4 is 5.91 Å². The molecule has 0 atom stereocenters. The molecule has 0 saturated carbocycles. The Morgan fingerprint density at radius 3 is 2.30 bits per heavy atom. The van der Waals surface area contributed by atoms with Gasteiger partial charge in [-0.2, -0.15) is 0 Å². The number of nitrogens with one attached hydrogen (secondary N) is 1. The van der Waals surface area contributed by atoms with Crippen LogP contribution in [0.15, 0.2) is 0 Å². The average molecular weight is 283 g/mol. The zero-order valence-corrected chi connectivity index (χ0v) is 13.5. The second kappa shape index (κ2) is 11.1. The smallest absolute Gasteiger partial charge is 0.236 e. The fourth-order valence-electron chi connectivity index (χ4n) is 2.66. The van der Waals surface area contributed by atoms with Gasteiger partial charge in [0.1, 0.15) is 0 Å². The molecular weight excluding hydrogens is 250 g/mol. The Bertz CT molecular complexity index is 252. The molecule has 0 aromatic carbocycles. The second-order valence-electron chi connectivity index (χ2n) is 5.99. The van der Waals surface area contributed by atoms with E-state index in [1.54, 1.807) is 0 Å². The molecule has 1 aliphatic rings. The van der Waals surface area contributed by atoms with Gasteiger partial charge in [0, 0.05) is 26.2 Å². The highest BCUT2D eigenvalue weighted by atomic mass is 16.2. The van der Waals surface area contributed by atoms with Crippen LogP contribution in [-0.4, -0.2) is 62.0 Å². The van der Waals surface area contributed by atoms with E-state index in [-0.39, 0.29) is 5.91 Å². The van der Waals surface area contributed by atoms with E-state index in [4.69, 9.17) is 0 Å². The Hall–Kier alpha value is -0.610. The fourth-order valence-corrected chi connectivity index (χ4v) is 2.66. The zero-order chi connectivity index (χ0) is 14.6. The van der Waals surface area contributed by atoms with Crippen molar-refractivity contribution in [3.8, 4) is 0 Å². The molecular formula is C16H33N3O. The lowest BCUT2D eigenvalue weighted by Gasteiger charge is -2.29. The van der Waals surface area contributed by atoms with Gasteiger partial charge < -0.3 is 10.2 Å². The lowest BCUT2D eigenvalue weighted by atomic mass is 10.1. The van der Waals surface area contributed by atoms with Crippen molar-refractivity contribution < 1.29 is 4.79 Å². The van der Waals surface area contributed by atoms with Crippen LogP contribution in [-0.2, 0) is 4.79 Å². The first kappa shape index (κ1) is 17.4. The maximum absolute atomic E-state index is 12.1. The molecule has 1 amide bonds. The minimum Gasteiger partial charge on any atom is -0.339 e. The summed E-state index contributed by atoms with van der Waals surface area (Å²) in [5, 5.41) is 3.28. The van der Waals surface area contributed by atoms with Gasteiger partial charge in [-0.15, -0.1) is 0 Å². The molecule has 0 aromatic heterocycles. The summed E-state index contributed by atoms with van der Waals surface area (Å²) in [4.78, 5) is 16.2. The van der Waals surface area contributed by atoms with Crippen LogP contribution in [0.2, 0.25) is 0 Å². The first-order valence-electron chi connectivity index (χ1n) is 8.41. The van der Waals surface area contributed by atoms with Crippen molar-refractivity contribution in [2.75, 3.05) is 46.3 Å². The molecule has 0 radical (unpaired) electrons. The monoisotopic (exact) mass is 283 g/mol. The average Bonchev–Trinajstić information content (AvgIpc) is 2.47. The van der Waals surface area contributed by atoms with Gasteiger partial charge in [0.15, 0.2) is 0 Å². The third-order valence-corrected chi connectivity index (χ3v) is 4.02. The number of likely N-dealkylation sites (N-methyl/N-ethyl adjacent to an activating group) is 1.